The van der Waals surface area contributed by atoms with Crippen molar-refractivity contribution in [3.8, 4) is 0 Å². The lowest BCUT2D eigenvalue weighted by Crippen LogP contribution is -2.36. The SMILES string of the molecule is CCCCCCCCCCCCCC(=O)N[C@@H](C)[C@@H](O)c1ccc([N+](=O)[O-])cc1. The number of nitro benzene ring substituents is 1. The predicted octanol–water partition coefficient (Wildman–Crippen LogP) is 5.83. The first-order valence-electron chi connectivity index (χ1n) is 11.2. The van der Waals surface area contributed by atoms with E-state index in [-0.39, 0.29) is 11.6 Å². The van der Waals surface area contributed by atoms with Gasteiger partial charge in [0, 0.05) is 18.6 Å². The summed E-state index contributed by atoms with van der Waals surface area (Å²) >= 11 is 0. The summed E-state index contributed by atoms with van der Waals surface area (Å²) in [6.45, 7) is 3.98. The normalized spacial score (nSPS) is 13.1. The van der Waals surface area contributed by atoms with E-state index < -0.39 is 17.1 Å². The van der Waals surface area contributed by atoms with Gasteiger partial charge in [-0.3, -0.25) is 14.9 Å². The minimum atomic E-state index is -0.892. The number of unbranched alkanes of at least 4 members (excludes halogenated alkanes) is 10. The lowest BCUT2D eigenvalue weighted by Gasteiger charge is -2.20. The molecule has 29 heavy (non-hydrogen) atoms. The fraction of sp³-hybridized carbons (Fsp3) is 0.696. The maximum Gasteiger partial charge on any atom is 0.269 e. The Kier molecular flexibility index (Phi) is 12.9. The van der Waals surface area contributed by atoms with E-state index in [0.717, 1.165) is 12.8 Å². The van der Waals surface area contributed by atoms with Crippen LogP contribution in [-0.2, 0) is 4.79 Å². The zero-order valence-electron chi connectivity index (χ0n) is 18.1. The lowest BCUT2D eigenvalue weighted by molar-refractivity contribution is -0.384. The smallest absolute Gasteiger partial charge is 0.269 e. The molecule has 0 saturated carbocycles. The first-order chi connectivity index (χ1) is 14.0. The van der Waals surface area contributed by atoms with Crippen LogP contribution < -0.4 is 5.32 Å². The minimum Gasteiger partial charge on any atom is -0.386 e. The van der Waals surface area contributed by atoms with Crippen molar-refractivity contribution >= 4 is 11.6 Å². The average molecular weight is 407 g/mol. The second-order valence-electron chi connectivity index (χ2n) is 7.94. The highest BCUT2D eigenvalue weighted by Crippen LogP contribution is 2.20. The third-order valence-electron chi connectivity index (χ3n) is 5.32. The van der Waals surface area contributed by atoms with Crippen molar-refractivity contribution < 1.29 is 14.8 Å². The molecule has 6 heteroatoms. The van der Waals surface area contributed by atoms with Crippen LogP contribution in [0.5, 0.6) is 0 Å². The van der Waals surface area contributed by atoms with Gasteiger partial charge in [-0.25, -0.2) is 0 Å². The molecule has 0 heterocycles. The Hall–Kier alpha value is -1.95. The molecule has 1 aromatic carbocycles. The molecule has 2 atom stereocenters. The summed E-state index contributed by atoms with van der Waals surface area (Å²) in [5.41, 5.74) is 0.534. The number of carbonyl (C=O) groups excluding carboxylic acids is 1. The molecule has 2 N–H and O–H groups in total. The number of carbonyl (C=O) groups is 1. The minimum absolute atomic E-state index is 0.0193. The maximum absolute atomic E-state index is 12.1. The fourth-order valence-electron chi connectivity index (χ4n) is 3.44. The second kappa shape index (κ2) is 15.0. The number of nitro groups is 1. The van der Waals surface area contributed by atoms with E-state index in [4.69, 9.17) is 0 Å². The fourth-order valence-corrected chi connectivity index (χ4v) is 3.44. The van der Waals surface area contributed by atoms with Gasteiger partial charge in [0.15, 0.2) is 0 Å². The van der Waals surface area contributed by atoms with Gasteiger partial charge in [0.05, 0.1) is 17.1 Å². The molecule has 0 unspecified atom stereocenters. The summed E-state index contributed by atoms with van der Waals surface area (Å²) in [7, 11) is 0. The molecule has 6 nitrogen and oxygen atoms in total. The quantitative estimate of drug-likeness (QED) is 0.205. The van der Waals surface area contributed by atoms with Gasteiger partial charge < -0.3 is 10.4 Å². The molecule has 1 amide bonds. The summed E-state index contributed by atoms with van der Waals surface area (Å²) in [6, 6.07) is 5.32. The van der Waals surface area contributed by atoms with Crippen LogP contribution >= 0.6 is 0 Å². The Morgan fingerprint density at radius 3 is 1.93 bits per heavy atom. The summed E-state index contributed by atoms with van der Waals surface area (Å²) in [5.74, 6) is -0.0608. The van der Waals surface area contributed by atoms with Crippen molar-refractivity contribution in [2.45, 2.75) is 103 Å². The van der Waals surface area contributed by atoms with Gasteiger partial charge in [-0.1, -0.05) is 71.1 Å². The van der Waals surface area contributed by atoms with Crippen LogP contribution in [0, 0.1) is 10.1 Å². The zero-order valence-corrected chi connectivity index (χ0v) is 18.1. The topological polar surface area (TPSA) is 92.5 Å². The Morgan fingerprint density at radius 1 is 0.966 bits per heavy atom. The largest absolute Gasteiger partial charge is 0.386 e. The maximum atomic E-state index is 12.1. The second-order valence-corrected chi connectivity index (χ2v) is 7.94. The van der Waals surface area contributed by atoms with Crippen LogP contribution in [-0.4, -0.2) is 22.0 Å². The molecular formula is C23H38N2O4. The first kappa shape index (κ1) is 25.1. The van der Waals surface area contributed by atoms with Gasteiger partial charge in [-0.05, 0) is 31.0 Å². The molecule has 164 valence electrons. The molecular weight excluding hydrogens is 368 g/mol. The highest BCUT2D eigenvalue weighted by atomic mass is 16.6. The molecule has 1 aromatic rings. The van der Waals surface area contributed by atoms with E-state index in [0.29, 0.717) is 12.0 Å². The number of non-ortho nitro benzene ring substituents is 1. The predicted molar refractivity (Wildman–Crippen MR) is 117 cm³/mol. The number of benzene rings is 1. The Bertz CT molecular complexity index is 589. The van der Waals surface area contributed by atoms with Gasteiger partial charge in [-0.2, -0.15) is 0 Å². The summed E-state index contributed by atoms with van der Waals surface area (Å²) < 4.78 is 0. The molecule has 0 aliphatic rings. The van der Waals surface area contributed by atoms with Crippen LogP contribution in [0.1, 0.15) is 103 Å². The number of hydrogen-bond acceptors (Lipinski definition) is 4. The van der Waals surface area contributed by atoms with Crippen molar-refractivity contribution in [3.05, 3.63) is 39.9 Å². The third-order valence-corrected chi connectivity index (χ3v) is 5.32. The number of hydrogen-bond donors (Lipinski definition) is 2. The molecule has 0 bridgehead atoms. The molecule has 0 spiro atoms. The molecule has 0 radical (unpaired) electrons. The molecule has 0 aromatic heterocycles. The highest BCUT2D eigenvalue weighted by Gasteiger charge is 2.19. The summed E-state index contributed by atoms with van der Waals surface area (Å²) in [5, 5.41) is 23.9. The van der Waals surface area contributed by atoms with E-state index >= 15 is 0 Å². The van der Waals surface area contributed by atoms with Crippen molar-refractivity contribution in [2.24, 2.45) is 0 Å². The summed E-state index contributed by atoms with van der Waals surface area (Å²) in [6.07, 6.45) is 13.2. The Labute approximate surface area is 175 Å². The number of aliphatic hydroxyl groups excluding tert-OH is 1. The number of nitrogens with one attached hydrogen (secondary N) is 1. The molecule has 0 saturated heterocycles. The van der Waals surface area contributed by atoms with E-state index in [1.54, 1.807) is 6.92 Å². The number of amides is 1. The summed E-state index contributed by atoms with van der Waals surface area (Å²) in [4.78, 5) is 22.3. The van der Waals surface area contributed by atoms with Crippen LogP contribution in [0.25, 0.3) is 0 Å². The van der Waals surface area contributed by atoms with E-state index in [1.165, 1.54) is 82.1 Å². The number of nitrogens with zero attached hydrogens (tertiary/aromatic N) is 1. The van der Waals surface area contributed by atoms with Crippen molar-refractivity contribution in [3.63, 3.8) is 0 Å². The third kappa shape index (κ3) is 11.0. The van der Waals surface area contributed by atoms with E-state index in [2.05, 4.69) is 12.2 Å². The van der Waals surface area contributed by atoms with Gasteiger partial charge in [0.2, 0.25) is 5.91 Å². The van der Waals surface area contributed by atoms with Crippen LogP contribution in [0.2, 0.25) is 0 Å². The van der Waals surface area contributed by atoms with Gasteiger partial charge in [0.1, 0.15) is 0 Å². The first-order valence-corrected chi connectivity index (χ1v) is 11.2. The van der Waals surface area contributed by atoms with Crippen LogP contribution in [0.15, 0.2) is 24.3 Å². The van der Waals surface area contributed by atoms with Crippen molar-refractivity contribution in [2.75, 3.05) is 0 Å². The van der Waals surface area contributed by atoms with Crippen molar-refractivity contribution in [1.29, 1.82) is 0 Å². The average Bonchev–Trinajstić information content (AvgIpc) is 2.71. The number of aliphatic hydroxyl groups is 1. The van der Waals surface area contributed by atoms with Gasteiger partial charge in [-0.15, -0.1) is 0 Å². The zero-order chi connectivity index (χ0) is 21.5. The Balaban J connectivity index is 2.12. The van der Waals surface area contributed by atoms with Crippen molar-refractivity contribution in [1.82, 2.24) is 5.32 Å². The van der Waals surface area contributed by atoms with E-state index in [1.807, 2.05) is 0 Å². The van der Waals surface area contributed by atoms with Crippen LogP contribution in [0.4, 0.5) is 5.69 Å². The molecule has 0 aliphatic heterocycles. The lowest BCUT2D eigenvalue weighted by atomic mass is 10.0. The number of rotatable bonds is 16. The Morgan fingerprint density at radius 2 is 1.45 bits per heavy atom. The van der Waals surface area contributed by atoms with Gasteiger partial charge >= 0.3 is 0 Å². The molecule has 0 aliphatic carbocycles. The van der Waals surface area contributed by atoms with Crippen LogP contribution in [0.3, 0.4) is 0 Å². The molecule has 1 rings (SSSR count). The highest BCUT2D eigenvalue weighted by molar-refractivity contribution is 5.76. The standard InChI is InChI=1S/C23H38N2O4/c1-3-4-5-6-7-8-9-10-11-12-13-14-22(26)24-19(2)23(27)20-15-17-21(18-16-20)25(28)29/h15-19,23,27H,3-14H2,1-2H3,(H,24,26)/t19-,23+/m0/s1. The monoisotopic (exact) mass is 406 g/mol. The molecule has 0 fully saturated rings. The van der Waals surface area contributed by atoms with Gasteiger partial charge in [0.25, 0.3) is 5.69 Å². The van der Waals surface area contributed by atoms with E-state index in [9.17, 15) is 20.0 Å².